The number of anilines is 1. The Bertz CT molecular complexity index is 840. The van der Waals surface area contributed by atoms with Gasteiger partial charge in [-0.1, -0.05) is 29.5 Å². The molecule has 0 unspecified atom stereocenters. The van der Waals surface area contributed by atoms with Gasteiger partial charge in [-0.3, -0.25) is 10.7 Å². The van der Waals surface area contributed by atoms with Crippen LogP contribution < -0.4 is 15.6 Å². The van der Waals surface area contributed by atoms with Gasteiger partial charge in [0.2, 0.25) is 0 Å². The first-order valence-electron chi connectivity index (χ1n) is 6.11. The summed E-state index contributed by atoms with van der Waals surface area (Å²) in [5.74, 6) is 0. The lowest BCUT2D eigenvalue weighted by molar-refractivity contribution is 0.250. The summed E-state index contributed by atoms with van der Waals surface area (Å²) in [5.41, 5.74) is 2.89. The van der Waals surface area contributed by atoms with E-state index in [0.29, 0.717) is 8.96 Å². The number of nitrogens with zero attached hydrogens (tertiary/aromatic N) is 1. The van der Waals surface area contributed by atoms with Crippen molar-refractivity contribution < 1.29 is 13.2 Å². The molecule has 1 heterocycles. The molecule has 0 fully saturated rings. The van der Waals surface area contributed by atoms with Crippen LogP contribution in [0.5, 0.6) is 0 Å². The van der Waals surface area contributed by atoms with Crippen LogP contribution in [0.15, 0.2) is 35.2 Å². The first kappa shape index (κ1) is 16.6. The maximum Gasteiger partial charge on any atom is 0.335 e. The average Bonchev–Trinajstić information content (AvgIpc) is 2.73. The van der Waals surface area contributed by atoms with Gasteiger partial charge in [0, 0.05) is 7.05 Å². The summed E-state index contributed by atoms with van der Waals surface area (Å²) in [5, 5.41) is 3.11. The van der Waals surface area contributed by atoms with Gasteiger partial charge in [-0.15, -0.1) is 4.83 Å². The second kappa shape index (κ2) is 6.57. The van der Waals surface area contributed by atoms with E-state index in [2.05, 4.69) is 10.7 Å². The molecule has 0 saturated carbocycles. The third kappa shape index (κ3) is 3.71. The Kier molecular flexibility index (Phi) is 4.96. The maximum absolute atomic E-state index is 11.9. The van der Waals surface area contributed by atoms with E-state index in [1.807, 2.05) is 4.83 Å². The Morgan fingerprint density at radius 1 is 1.27 bits per heavy atom. The van der Waals surface area contributed by atoms with Crippen molar-refractivity contribution in [3.8, 4) is 0 Å². The van der Waals surface area contributed by atoms with Crippen LogP contribution in [-0.4, -0.2) is 19.0 Å². The van der Waals surface area contributed by atoms with Gasteiger partial charge < -0.3 is 4.57 Å². The number of aromatic nitrogens is 1. The van der Waals surface area contributed by atoms with Crippen LogP contribution in [0.25, 0.3) is 0 Å². The minimum atomic E-state index is -3.81. The molecule has 2 aromatic rings. The number of amides is 2. The van der Waals surface area contributed by atoms with E-state index in [1.54, 1.807) is 36.7 Å². The van der Waals surface area contributed by atoms with Crippen molar-refractivity contribution in [2.45, 2.75) is 11.8 Å². The number of thiazole rings is 1. The fourth-order valence-electron chi connectivity index (χ4n) is 1.54. The second-order valence-corrected chi connectivity index (χ2v) is 7.67. The maximum atomic E-state index is 11.9. The lowest BCUT2D eigenvalue weighted by atomic mass is 10.4. The van der Waals surface area contributed by atoms with E-state index in [1.165, 1.54) is 23.5 Å². The van der Waals surface area contributed by atoms with Gasteiger partial charge in [-0.25, -0.2) is 13.2 Å². The molecule has 2 rings (SSSR count). The van der Waals surface area contributed by atoms with Gasteiger partial charge in [-0.05, 0) is 31.3 Å². The molecule has 10 heteroatoms. The van der Waals surface area contributed by atoms with Crippen molar-refractivity contribution in [3.05, 3.63) is 40.0 Å². The number of rotatable bonds is 4. The molecule has 0 spiro atoms. The summed E-state index contributed by atoms with van der Waals surface area (Å²) in [7, 11) is -2.02. The number of hydrazine groups is 1. The molecule has 118 valence electrons. The predicted octanol–water partition coefficient (Wildman–Crippen LogP) is 2.14. The first-order valence-corrected chi connectivity index (χ1v) is 8.82. The number of nitrogens with one attached hydrogen (secondary N) is 3. The van der Waals surface area contributed by atoms with E-state index in [9.17, 15) is 13.2 Å². The van der Waals surface area contributed by atoms with E-state index in [0.717, 1.165) is 5.69 Å². The summed E-state index contributed by atoms with van der Waals surface area (Å²) in [6, 6.07) is 7.04. The van der Waals surface area contributed by atoms with Crippen molar-refractivity contribution >= 4 is 44.6 Å². The molecule has 2 amide bonds. The molecule has 0 bridgehead atoms. The number of carbonyl (C=O) groups excluding carboxylic acids is 1. The van der Waals surface area contributed by atoms with Crippen LogP contribution in [0, 0.1) is 10.9 Å². The summed E-state index contributed by atoms with van der Waals surface area (Å²) in [6.45, 7) is 1.80. The van der Waals surface area contributed by atoms with Gasteiger partial charge in [0.25, 0.3) is 10.0 Å². The monoisotopic (exact) mass is 358 g/mol. The van der Waals surface area contributed by atoms with Crippen molar-refractivity contribution in [3.63, 3.8) is 0 Å². The van der Waals surface area contributed by atoms with Crippen LogP contribution >= 0.6 is 23.6 Å². The molecule has 1 aromatic carbocycles. The Morgan fingerprint density at radius 3 is 2.45 bits per heavy atom. The first-order chi connectivity index (χ1) is 10.3. The standard InChI is InChI=1S/C12H14N4O3S3/c1-8-10(21-12(20)16(8)2)13-11(17)14-15-22(18,19)9-6-4-3-5-7-9/h3-7,15H,1-2H3,(H2,13,14,17). The molecule has 0 atom stereocenters. The fraction of sp³-hybridized carbons (Fsp3) is 0.167. The molecular weight excluding hydrogens is 344 g/mol. The van der Waals surface area contributed by atoms with Crippen LogP contribution in [0.2, 0.25) is 0 Å². The Labute approximate surface area is 137 Å². The van der Waals surface area contributed by atoms with Crippen molar-refractivity contribution in [2.75, 3.05) is 5.32 Å². The number of hydrogen-bond acceptors (Lipinski definition) is 5. The highest BCUT2D eigenvalue weighted by atomic mass is 32.2. The quantitative estimate of drug-likeness (QED) is 0.577. The third-order valence-electron chi connectivity index (χ3n) is 2.87. The number of carbonyl (C=O) groups is 1. The molecule has 0 aliphatic rings. The van der Waals surface area contributed by atoms with E-state index in [4.69, 9.17) is 12.2 Å². The van der Waals surface area contributed by atoms with Crippen LogP contribution in [0.4, 0.5) is 9.80 Å². The summed E-state index contributed by atoms with van der Waals surface area (Å²) in [6.07, 6.45) is 0. The SMILES string of the molecule is Cc1c(NC(=O)NNS(=O)(=O)c2ccccc2)sc(=S)n1C. The van der Waals surface area contributed by atoms with E-state index >= 15 is 0 Å². The molecule has 22 heavy (non-hydrogen) atoms. The zero-order chi connectivity index (χ0) is 16.3. The minimum Gasteiger partial charge on any atom is -0.328 e. The Morgan fingerprint density at radius 2 is 1.91 bits per heavy atom. The zero-order valence-electron chi connectivity index (χ0n) is 11.8. The number of hydrogen-bond donors (Lipinski definition) is 3. The van der Waals surface area contributed by atoms with Gasteiger partial charge >= 0.3 is 6.03 Å². The summed E-state index contributed by atoms with van der Waals surface area (Å²) in [4.78, 5) is 13.9. The van der Waals surface area contributed by atoms with Gasteiger partial charge in [0.1, 0.15) is 5.00 Å². The molecule has 0 aliphatic heterocycles. The highest BCUT2D eigenvalue weighted by Crippen LogP contribution is 2.23. The molecule has 1 aromatic heterocycles. The highest BCUT2D eigenvalue weighted by molar-refractivity contribution is 7.89. The molecule has 3 N–H and O–H groups in total. The average molecular weight is 358 g/mol. The highest BCUT2D eigenvalue weighted by Gasteiger charge is 2.15. The minimum absolute atomic E-state index is 0.0573. The molecule has 0 aliphatic carbocycles. The number of urea groups is 1. The van der Waals surface area contributed by atoms with Crippen LogP contribution in [0.3, 0.4) is 0 Å². The van der Waals surface area contributed by atoms with Gasteiger partial charge in [0.15, 0.2) is 3.95 Å². The molecule has 7 nitrogen and oxygen atoms in total. The van der Waals surface area contributed by atoms with E-state index < -0.39 is 16.1 Å². The number of benzene rings is 1. The van der Waals surface area contributed by atoms with Crippen molar-refractivity contribution in [2.24, 2.45) is 7.05 Å². The summed E-state index contributed by atoms with van der Waals surface area (Å²) >= 11 is 6.33. The molecule has 0 saturated heterocycles. The third-order valence-corrected chi connectivity index (χ3v) is 5.71. The van der Waals surface area contributed by atoms with E-state index in [-0.39, 0.29) is 4.90 Å². The summed E-state index contributed by atoms with van der Waals surface area (Å²) < 4.78 is 26.2. The lowest BCUT2D eigenvalue weighted by Gasteiger charge is -2.09. The second-order valence-electron chi connectivity index (χ2n) is 4.34. The lowest BCUT2D eigenvalue weighted by Crippen LogP contribution is -2.43. The van der Waals surface area contributed by atoms with Crippen LogP contribution in [-0.2, 0) is 17.1 Å². The molecule has 0 radical (unpaired) electrons. The number of sulfonamides is 1. The zero-order valence-corrected chi connectivity index (χ0v) is 14.2. The van der Waals surface area contributed by atoms with Crippen molar-refractivity contribution in [1.82, 2.24) is 14.8 Å². The molecular formula is C12H14N4O3S3. The van der Waals surface area contributed by atoms with Crippen molar-refractivity contribution in [1.29, 1.82) is 0 Å². The van der Waals surface area contributed by atoms with Gasteiger partial charge in [0.05, 0.1) is 10.6 Å². The topological polar surface area (TPSA) is 92.2 Å². The fourth-order valence-corrected chi connectivity index (χ4v) is 3.67. The Hall–Kier alpha value is -1.75. The smallest absolute Gasteiger partial charge is 0.328 e. The normalized spacial score (nSPS) is 11.2. The largest absolute Gasteiger partial charge is 0.335 e. The Balaban J connectivity index is 2.01. The van der Waals surface area contributed by atoms with Gasteiger partial charge in [-0.2, -0.15) is 0 Å². The van der Waals surface area contributed by atoms with Crippen LogP contribution in [0.1, 0.15) is 5.69 Å². The predicted molar refractivity (Wildman–Crippen MR) is 87.8 cm³/mol.